The van der Waals surface area contributed by atoms with Gasteiger partial charge in [0, 0.05) is 31.4 Å². The molecule has 4 aliphatic rings. The molecule has 5 aromatic rings. The van der Waals surface area contributed by atoms with Crippen LogP contribution in [-0.4, -0.2) is 72.5 Å². The van der Waals surface area contributed by atoms with Crippen LogP contribution < -0.4 is 10.6 Å². The SMILES string of the molecule is COC(=O)NC(C(=O)N1CCCC1c1ncc(-c2ccc3c(c2)[C@](C)(O)c2cc(-c4cnc[nH]4)ccc2-3)[nH]1)C(C)C.O=C(NCc1cccnc1)C1CC2CCC1C2. The Kier molecular flexibility index (Phi) is 10.9. The fraction of sp³-hybridized carbons (Fsp3) is 0.422. The van der Waals surface area contributed by atoms with Crippen LogP contribution in [-0.2, 0) is 26.5 Å². The zero-order chi connectivity index (χ0) is 40.6. The molecule has 13 heteroatoms. The number of ether oxygens (including phenoxy) is 1. The molecule has 3 amide bonds. The molecule has 1 aliphatic heterocycles. The summed E-state index contributed by atoms with van der Waals surface area (Å²) in [6.07, 6.45) is 14.7. The lowest BCUT2D eigenvalue weighted by Crippen LogP contribution is -2.51. The van der Waals surface area contributed by atoms with E-state index >= 15 is 0 Å². The normalized spacial score (nSPS) is 23.2. The van der Waals surface area contributed by atoms with Gasteiger partial charge in [-0.3, -0.25) is 14.6 Å². The van der Waals surface area contributed by atoms with Crippen LogP contribution in [0.3, 0.4) is 0 Å². The van der Waals surface area contributed by atoms with Crippen LogP contribution in [0.25, 0.3) is 33.6 Å². The van der Waals surface area contributed by atoms with Gasteiger partial charge in [-0.15, -0.1) is 0 Å². The van der Waals surface area contributed by atoms with Gasteiger partial charge < -0.3 is 35.3 Å². The monoisotopic (exact) mass is 784 g/mol. The molecule has 9 rings (SSSR count). The first-order chi connectivity index (χ1) is 28.0. The van der Waals surface area contributed by atoms with Crippen molar-refractivity contribution >= 4 is 17.9 Å². The number of hydrogen-bond donors (Lipinski definition) is 5. The second-order valence-electron chi connectivity index (χ2n) is 16.6. The molecule has 13 nitrogen and oxygen atoms in total. The number of pyridine rings is 1. The Morgan fingerprint density at radius 2 is 1.72 bits per heavy atom. The molecule has 58 heavy (non-hydrogen) atoms. The Balaban J connectivity index is 0.000000229. The molecule has 3 aromatic heterocycles. The largest absolute Gasteiger partial charge is 0.453 e. The third kappa shape index (κ3) is 7.62. The molecule has 1 saturated heterocycles. The van der Waals surface area contributed by atoms with Gasteiger partial charge >= 0.3 is 6.09 Å². The maximum absolute atomic E-state index is 13.5. The quantitative estimate of drug-likeness (QED) is 0.107. The van der Waals surface area contributed by atoms with E-state index in [-0.39, 0.29) is 29.7 Å². The zero-order valence-electron chi connectivity index (χ0n) is 33.5. The van der Waals surface area contributed by atoms with E-state index in [1.165, 1.54) is 26.4 Å². The number of nitrogens with one attached hydrogen (secondary N) is 4. The average molecular weight is 785 g/mol. The molecule has 0 radical (unpaired) electrons. The first-order valence-electron chi connectivity index (χ1n) is 20.4. The van der Waals surface area contributed by atoms with Crippen LogP contribution in [0, 0.1) is 23.7 Å². The Labute approximate surface area is 338 Å². The van der Waals surface area contributed by atoms with E-state index in [2.05, 4.69) is 35.6 Å². The highest BCUT2D eigenvalue weighted by atomic mass is 16.5. The van der Waals surface area contributed by atoms with Crippen molar-refractivity contribution in [2.75, 3.05) is 13.7 Å². The first kappa shape index (κ1) is 39.0. The van der Waals surface area contributed by atoms with Gasteiger partial charge in [-0.25, -0.2) is 14.8 Å². The van der Waals surface area contributed by atoms with Crippen molar-refractivity contribution in [3.05, 3.63) is 102 Å². The molecular weight excluding hydrogens is 733 g/mol. The average Bonchev–Trinajstić information content (AvgIpc) is 4.11. The van der Waals surface area contributed by atoms with Gasteiger partial charge in [-0.2, -0.15) is 0 Å². The van der Waals surface area contributed by atoms with Crippen LogP contribution in [0.2, 0.25) is 0 Å². The number of aliphatic hydroxyl groups is 1. The number of nitrogens with zero attached hydrogens (tertiary/aromatic N) is 4. The minimum Gasteiger partial charge on any atom is -0.453 e. The topological polar surface area (TPSA) is 178 Å². The third-order valence-electron chi connectivity index (χ3n) is 12.6. The highest BCUT2D eigenvalue weighted by molar-refractivity contribution is 5.87. The van der Waals surface area contributed by atoms with E-state index in [0.717, 1.165) is 75.5 Å². The van der Waals surface area contributed by atoms with E-state index in [1.807, 2.05) is 69.3 Å². The van der Waals surface area contributed by atoms with Gasteiger partial charge in [0.1, 0.15) is 17.5 Å². The molecule has 5 N–H and O–H groups in total. The molecule has 3 fully saturated rings. The zero-order valence-corrected chi connectivity index (χ0v) is 33.5. The van der Waals surface area contributed by atoms with Gasteiger partial charge in [0.25, 0.3) is 0 Å². The van der Waals surface area contributed by atoms with Crippen molar-refractivity contribution in [3.63, 3.8) is 0 Å². The number of aromatic nitrogens is 5. The van der Waals surface area contributed by atoms with Crippen molar-refractivity contribution in [3.8, 4) is 33.6 Å². The molecule has 3 aliphatic carbocycles. The number of rotatable bonds is 9. The number of amides is 3. The molecule has 5 unspecified atom stereocenters. The fourth-order valence-corrected chi connectivity index (χ4v) is 9.49. The number of carbonyl (C=O) groups is 3. The van der Waals surface area contributed by atoms with Gasteiger partial charge in [0.05, 0.1) is 43.3 Å². The van der Waals surface area contributed by atoms with Crippen LogP contribution >= 0.6 is 0 Å². The van der Waals surface area contributed by atoms with E-state index in [9.17, 15) is 19.5 Å². The Bertz CT molecular complexity index is 2270. The maximum Gasteiger partial charge on any atom is 0.407 e. The summed E-state index contributed by atoms with van der Waals surface area (Å²) in [5, 5.41) is 17.4. The lowest BCUT2D eigenvalue weighted by Gasteiger charge is -2.30. The van der Waals surface area contributed by atoms with Crippen molar-refractivity contribution in [1.29, 1.82) is 0 Å². The number of likely N-dealkylation sites (tertiary alicyclic amines) is 1. The number of alkyl carbamates (subject to hydrolysis) is 1. The number of fused-ring (bicyclic) bond motifs is 5. The molecule has 2 aromatic carbocycles. The minimum absolute atomic E-state index is 0.103. The van der Waals surface area contributed by atoms with E-state index in [0.29, 0.717) is 24.8 Å². The Morgan fingerprint density at radius 3 is 2.34 bits per heavy atom. The molecular formula is C45H52N8O5. The van der Waals surface area contributed by atoms with Crippen LogP contribution in [0.4, 0.5) is 4.79 Å². The number of hydrogen-bond acceptors (Lipinski definition) is 8. The summed E-state index contributed by atoms with van der Waals surface area (Å²) in [6.45, 7) is 6.82. The Hall–Kier alpha value is -5.82. The number of carbonyl (C=O) groups excluding carboxylic acids is 3. The van der Waals surface area contributed by atoms with Crippen molar-refractivity contribution < 1.29 is 24.2 Å². The number of imidazole rings is 2. The summed E-state index contributed by atoms with van der Waals surface area (Å²) in [6, 6.07) is 15.2. The first-order valence-corrected chi connectivity index (χ1v) is 20.4. The number of H-pyrrole nitrogens is 2. The molecule has 2 bridgehead atoms. The summed E-state index contributed by atoms with van der Waals surface area (Å²) in [4.78, 5) is 58.6. The van der Waals surface area contributed by atoms with Gasteiger partial charge in [0.15, 0.2) is 0 Å². The summed E-state index contributed by atoms with van der Waals surface area (Å²) in [5.41, 5.74) is 7.14. The van der Waals surface area contributed by atoms with Crippen molar-refractivity contribution in [2.45, 2.75) is 83.5 Å². The lowest BCUT2D eigenvalue weighted by molar-refractivity contribution is -0.135. The van der Waals surface area contributed by atoms with Crippen molar-refractivity contribution in [2.24, 2.45) is 23.7 Å². The summed E-state index contributed by atoms with van der Waals surface area (Å²) >= 11 is 0. The molecule has 4 heterocycles. The Morgan fingerprint density at radius 1 is 0.966 bits per heavy atom. The van der Waals surface area contributed by atoms with Crippen LogP contribution in [0.1, 0.15) is 87.9 Å². The highest BCUT2D eigenvalue weighted by Gasteiger charge is 2.43. The smallest absolute Gasteiger partial charge is 0.407 e. The second kappa shape index (κ2) is 16.2. The van der Waals surface area contributed by atoms with E-state index in [4.69, 9.17) is 4.74 Å². The van der Waals surface area contributed by atoms with Gasteiger partial charge in [-0.1, -0.05) is 50.6 Å². The van der Waals surface area contributed by atoms with Gasteiger partial charge in [-0.05, 0) is 114 Å². The predicted molar refractivity (Wildman–Crippen MR) is 219 cm³/mol. The third-order valence-corrected chi connectivity index (χ3v) is 12.6. The summed E-state index contributed by atoms with van der Waals surface area (Å²) in [7, 11) is 1.29. The number of aromatic amines is 2. The van der Waals surface area contributed by atoms with E-state index < -0.39 is 17.7 Å². The van der Waals surface area contributed by atoms with E-state index in [1.54, 1.807) is 36.0 Å². The number of benzene rings is 2. The predicted octanol–water partition coefficient (Wildman–Crippen LogP) is 6.88. The standard InChI is InChI=1S/C31H34N6O4.C14H18N2O/c1-17(2)27(36-30(39)41-4)29(38)37-11-5-6-26(37)28-33-15-25(35-28)19-8-10-21-20-9-7-18(24-14-32-16-34-24)12-22(20)31(3,40)23(21)13-19;17-14(13-7-10-3-4-12(13)6-10)16-9-11-2-1-5-15-8-11/h7-10,12-17,26-27,40H,5-6,11H2,1-4H3,(H,32,34)(H,33,35)(H,36,39);1-2,5,8,10,12-13H,3-4,6-7,9H2,(H,16,17)/t26?,27?,31-;/m1./s1. The molecule has 2 saturated carbocycles. The van der Waals surface area contributed by atoms with Gasteiger partial charge in [0.2, 0.25) is 11.8 Å². The molecule has 0 spiro atoms. The molecule has 6 atom stereocenters. The number of methoxy groups -OCH3 is 1. The minimum atomic E-state index is -1.17. The van der Waals surface area contributed by atoms with Crippen LogP contribution in [0.15, 0.2) is 79.6 Å². The maximum atomic E-state index is 13.5. The van der Waals surface area contributed by atoms with Crippen molar-refractivity contribution in [1.82, 2.24) is 40.5 Å². The highest BCUT2D eigenvalue weighted by Crippen LogP contribution is 2.50. The summed E-state index contributed by atoms with van der Waals surface area (Å²) in [5.74, 6) is 2.47. The van der Waals surface area contributed by atoms with Crippen LogP contribution in [0.5, 0.6) is 0 Å². The lowest BCUT2D eigenvalue weighted by atomic mass is 9.88. The molecule has 302 valence electrons. The second-order valence-corrected chi connectivity index (χ2v) is 16.6. The summed E-state index contributed by atoms with van der Waals surface area (Å²) < 4.78 is 4.74. The fourth-order valence-electron chi connectivity index (χ4n) is 9.49.